The van der Waals surface area contributed by atoms with Crippen molar-refractivity contribution in [3.05, 3.63) is 0 Å². The number of ether oxygens (including phenoxy) is 1. The van der Waals surface area contributed by atoms with E-state index in [4.69, 9.17) is 4.74 Å². The molecule has 0 spiro atoms. The Kier molecular flexibility index (Phi) is 6.47. The molecule has 0 aliphatic heterocycles. The summed E-state index contributed by atoms with van der Waals surface area (Å²) in [4.78, 5) is 0. The van der Waals surface area contributed by atoms with Crippen molar-refractivity contribution in [2.45, 2.75) is 39.3 Å². The minimum Gasteiger partial charge on any atom is -0.380 e. The van der Waals surface area contributed by atoms with Crippen molar-refractivity contribution in [2.75, 3.05) is 26.0 Å². The number of hydrogen-bond acceptors (Lipinski definition) is 4. The fourth-order valence-corrected chi connectivity index (χ4v) is 2.40. The van der Waals surface area contributed by atoms with Crippen molar-refractivity contribution < 1.29 is 13.2 Å². The van der Waals surface area contributed by atoms with Crippen molar-refractivity contribution >= 4 is 10.0 Å². The van der Waals surface area contributed by atoms with Crippen LogP contribution in [0.2, 0.25) is 0 Å². The lowest BCUT2D eigenvalue weighted by molar-refractivity contribution is 0.125. The van der Waals surface area contributed by atoms with Gasteiger partial charge in [0.2, 0.25) is 10.0 Å². The van der Waals surface area contributed by atoms with Gasteiger partial charge in [0, 0.05) is 24.7 Å². The Morgan fingerprint density at radius 3 is 2.38 bits per heavy atom. The summed E-state index contributed by atoms with van der Waals surface area (Å²) < 4.78 is 30.0. The van der Waals surface area contributed by atoms with E-state index in [1.165, 1.54) is 6.26 Å². The van der Waals surface area contributed by atoms with Crippen LogP contribution in [0, 0.1) is 0 Å². The zero-order chi connectivity index (χ0) is 12.8. The van der Waals surface area contributed by atoms with Crippen LogP contribution in [0.4, 0.5) is 0 Å². The van der Waals surface area contributed by atoms with Crippen LogP contribution >= 0.6 is 0 Å². The lowest BCUT2D eigenvalue weighted by Crippen LogP contribution is -2.52. The molecular formula is C10H24N2O3S. The first-order valence-corrected chi connectivity index (χ1v) is 7.35. The Balaban J connectivity index is 3.98. The highest BCUT2D eigenvalue weighted by Gasteiger charge is 2.22. The quantitative estimate of drug-likeness (QED) is 0.653. The van der Waals surface area contributed by atoms with Gasteiger partial charge in [-0.1, -0.05) is 0 Å². The van der Waals surface area contributed by atoms with Crippen molar-refractivity contribution in [1.82, 2.24) is 10.0 Å². The van der Waals surface area contributed by atoms with Gasteiger partial charge in [-0.05, 0) is 27.7 Å². The van der Waals surface area contributed by atoms with E-state index in [0.717, 1.165) is 0 Å². The molecule has 0 saturated carbocycles. The van der Waals surface area contributed by atoms with Crippen LogP contribution in [0.25, 0.3) is 0 Å². The maximum absolute atomic E-state index is 11.1. The minimum atomic E-state index is -3.17. The maximum atomic E-state index is 11.1. The average Bonchev–Trinajstić information content (AvgIpc) is 2.07. The zero-order valence-electron chi connectivity index (χ0n) is 10.8. The highest BCUT2D eigenvalue weighted by Crippen LogP contribution is 2.02. The highest BCUT2D eigenvalue weighted by molar-refractivity contribution is 7.88. The molecule has 0 saturated heterocycles. The van der Waals surface area contributed by atoms with Crippen LogP contribution in [0.5, 0.6) is 0 Å². The molecule has 0 aromatic carbocycles. The molecule has 6 heteroatoms. The van der Waals surface area contributed by atoms with Crippen molar-refractivity contribution in [3.8, 4) is 0 Å². The molecule has 0 heterocycles. The third kappa shape index (κ3) is 9.08. The smallest absolute Gasteiger partial charge is 0.209 e. The Hall–Kier alpha value is -0.170. The number of hydrogen-bond donors (Lipinski definition) is 2. The van der Waals surface area contributed by atoms with E-state index in [9.17, 15) is 8.42 Å². The molecule has 1 atom stereocenters. The van der Waals surface area contributed by atoms with Gasteiger partial charge in [-0.15, -0.1) is 0 Å². The molecule has 0 aliphatic carbocycles. The molecule has 0 fully saturated rings. The van der Waals surface area contributed by atoms with Crippen molar-refractivity contribution in [1.29, 1.82) is 0 Å². The van der Waals surface area contributed by atoms with Crippen LogP contribution < -0.4 is 10.0 Å². The van der Waals surface area contributed by atoms with E-state index in [-0.39, 0.29) is 6.04 Å². The van der Waals surface area contributed by atoms with Gasteiger partial charge in [-0.3, -0.25) is 0 Å². The second kappa shape index (κ2) is 6.54. The third-order valence-corrected chi connectivity index (χ3v) is 2.85. The molecule has 1 unspecified atom stereocenters. The van der Waals surface area contributed by atoms with E-state index < -0.39 is 15.6 Å². The van der Waals surface area contributed by atoms with E-state index >= 15 is 0 Å². The summed E-state index contributed by atoms with van der Waals surface area (Å²) >= 11 is 0. The molecule has 2 N–H and O–H groups in total. The first-order chi connectivity index (χ1) is 7.16. The Morgan fingerprint density at radius 1 is 1.38 bits per heavy atom. The van der Waals surface area contributed by atoms with Crippen LogP contribution in [0.3, 0.4) is 0 Å². The molecular weight excluding hydrogens is 228 g/mol. The van der Waals surface area contributed by atoms with Gasteiger partial charge in [0.1, 0.15) is 0 Å². The van der Waals surface area contributed by atoms with E-state index in [1.807, 2.05) is 27.7 Å². The highest BCUT2D eigenvalue weighted by atomic mass is 32.2. The van der Waals surface area contributed by atoms with Crippen LogP contribution in [-0.2, 0) is 14.8 Å². The fraction of sp³-hybridized carbons (Fsp3) is 1.00. The number of rotatable bonds is 8. The summed E-state index contributed by atoms with van der Waals surface area (Å²) in [6.45, 7) is 9.52. The van der Waals surface area contributed by atoms with Crippen molar-refractivity contribution in [2.24, 2.45) is 0 Å². The molecule has 0 amide bonds. The zero-order valence-corrected chi connectivity index (χ0v) is 11.6. The maximum Gasteiger partial charge on any atom is 0.209 e. The summed E-state index contributed by atoms with van der Waals surface area (Å²) in [5, 5.41) is 3.23. The third-order valence-electron chi connectivity index (χ3n) is 1.93. The second-order valence-corrected chi connectivity index (χ2v) is 6.45. The summed E-state index contributed by atoms with van der Waals surface area (Å²) in [6.07, 6.45) is 1.17. The molecule has 0 aliphatic rings. The summed E-state index contributed by atoms with van der Waals surface area (Å²) in [7, 11) is -3.17. The summed E-state index contributed by atoms with van der Waals surface area (Å²) in [5.41, 5.74) is -0.492. The summed E-state index contributed by atoms with van der Waals surface area (Å²) in [6, 6.07) is 0.209. The van der Waals surface area contributed by atoms with Gasteiger partial charge >= 0.3 is 0 Å². The summed E-state index contributed by atoms with van der Waals surface area (Å²) in [5.74, 6) is 0. The predicted molar refractivity (Wildman–Crippen MR) is 66.0 cm³/mol. The molecule has 16 heavy (non-hydrogen) atoms. The monoisotopic (exact) mass is 252 g/mol. The second-order valence-electron chi connectivity index (χ2n) is 4.70. The molecule has 0 aromatic rings. The normalized spacial score (nSPS) is 15.1. The number of nitrogens with one attached hydrogen (secondary N) is 2. The molecule has 5 nitrogen and oxygen atoms in total. The average molecular weight is 252 g/mol. The van der Waals surface area contributed by atoms with Gasteiger partial charge < -0.3 is 10.1 Å². The first-order valence-electron chi connectivity index (χ1n) is 5.46. The molecule has 0 radical (unpaired) electrons. The van der Waals surface area contributed by atoms with Crippen molar-refractivity contribution in [3.63, 3.8) is 0 Å². The van der Waals surface area contributed by atoms with Gasteiger partial charge in [-0.25, -0.2) is 13.1 Å². The molecule has 0 rings (SSSR count). The Bertz CT molecular complexity index is 288. The molecule has 0 aromatic heterocycles. The topological polar surface area (TPSA) is 67.4 Å². The number of sulfonamides is 1. The lowest BCUT2D eigenvalue weighted by atomic mass is 10.1. The Morgan fingerprint density at radius 2 is 1.94 bits per heavy atom. The Labute approximate surface area is 99.0 Å². The van der Waals surface area contributed by atoms with E-state index in [0.29, 0.717) is 19.8 Å². The van der Waals surface area contributed by atoms with Crippen LogP contribution in [-0.4, -0.2) is 46.0 Å². The lowest BCUT2D eigenvalue weighted by Gasteiger charge is -2.27. The minimum absolute atomic E-state index is 0.209. The largest absolute Gasteiger partial charge is 0.380 e. The fourth-order valence-electron chi connectivity index (χ4n) is 1.32. The van der Waals surface area contributed by atoms with Gasteiger partial charge in [-0.2, -0.15) is 0 Å². The molecule has 98 valence electrons. The predicted octanol–water partition coefficient (Wildman–Crippen LogP) is 0.329. The van der Waals surface area contributed by atoms with Gasteiger partial charge in [0.15, 0.2) is 0 Å². The van der Waals surface area contributed by atoms with E-state index in [2.05, 4.69) is 10.0 Å². The van der Waals surface area contributed by atoms with Gasteiger partial charge in [0.05, 0.1) is 12.9 Å². The van der Waals surface area contributed by atoms with Crippen LogP contribution in [0.15, 0.2) is 0 Å². The molecule has 0 bridgehead atoms. The van der Waals surface area contributed by atoms with E-state index in [1.54, 1.807) is 0 Å². The first kappa shape index (κ1) is 15.8. The SMILES string of the molecule is CCOCC(C)NCC(C)(C)NS(C)(=O)=O. The van der Waals surface area contributed by atoms with Gasteiger partial charge in [0.25, 0.3) is 0 Å². The van der Waals surface area contributed by atoms with Crippen LogP contribution in [0.1, 0.15) is 27.7 Å². The standard InChI is InChI=1S/C10H24N2O3S/c1-6-15-7-9(2)11-8-10(3,4)12-16(5,13)14/h9,11-12H,6-8H2,1-5H3.